The summed E-state index contributed by atoms with van der Waals surface area (Å²) in [4.78, 5) is 0. The van der Waals surface area contributed by atoms with E-state index in [1.54, 1.807) is 0 Å². The first kappa shape index (κ1) is 28.3. The van der Waals surface area contributed by atoms with Crippen LogP contribution >= 0.6 is 0 Å². The minimum Gasteiger partial charge on any atom is -0.192 e. The van der Waals surface area contributed by atoms with Gasteiger partial charge in [-0.25, -0.2) is 0 Å². The fraction of sp³-hybridized carbons (Fsp3) is 0. The van der Waals surface area contributed by atoms with E-state index in [0.29, 0.717) is 11.1 Å². The van der Waals surface area contributed by atoms with E-state index >= 15 is 0 Å². The molecule has 214 valence electrons. The van der Waals surface area contributed by atoms with E-state index in [2.05, 4.69) is 121 Å². The molecule has 0 heterocycles. The maximum atomic E-state index is 10.1. The molecule has 7 rings (SSSR count). The molecular weight excluding hydrogens is 556 g/mol. The van der Waals surface area contributed by atoms with Gasteiger partial charge in [0.2, 0.25) is 0 Å². The average Bonchev–Trinajstić information content (AvgIpc) is 3.15. The van der Waals surface area contributed by atoms with E-state index in [0.717, 1.165) is 61.2 Å². The summed E-state index contributed by atoms with van der Waals surface area (Å²) in [6.45, 7) is 0. The molecule has 7 aromatic carbocycles. The first-order chi connectivity index (χ1) is 22.7. The Morgan fingerprint density at radius 1 is 0.283 bits per heavy atom. The van der Waals surface area contributed by atoms with Gasteiger partial charge in [-0.05, 0) is 103 Å². The van der Waals surface area contributed by atoms with Crippen LogP contribution in [0.2, 0.25) is 0 Å². The third-order valence-electron chi connectivity index (χ3n) is 8.34. The van der Waals surface area contributed by atoms with Gasteiger partial charge < -0.3 is 0 Å². The highest BCUT2D eigenvalue weighted by Crippen LogP contribution is 2.34. The largest absolute Gasteiger partial charge is 0.192 e. The molecule has 0 aliphatic heterocycles. The monoisotopic (exact) mass is 584 g/mol. The maximum Gasteiger partial charge on any atom is 0.0998 e. The molecule has 0 unspecified atom stereocenters. The Labute approximate surface area is 269 Å². The highest BCUT2D eigenvalue weighted by molar-refractivity contribution is 5.81. The van der Waals surface area contributed by atoms with E-state index in [1.807, 2.05) is 60.7 Å². The fourth-order valence-electron chi connectivity index (χ4n) is 5.95. The van der Waals surface area contributed by atoms with Crippen molar-refractivity contribution in [3.05, 3.63) is 181 Å². The van der Waals surface area contributed by atoms with Gasteiger partial charge in [-0.15, -0.1) is 0 Å². The summed E-state index contributed by atoms with van der Waals surface area (Å²) in [5, 5.41) is 19.8. The zero-order valence-electron chi connectivity index (χ0n) is 25.1. The van der Waals surface area contributed by atoms with Crippen molar-refractivity contribution < 1.29 is 0 Å². The van der Waals surface area contributed by atoms with Crippen LogP contribution in [0.5, 0.6) is 0 Å². The van der Waals surface area contributed by atoms with Gasteiger partial charge in [-0.1, -0.05) is 133 Å². The Morgan fingerprint density at radius 2 is 0.674 bits per heavy atom. The predicted octanol–water partition coefficient (Wildman–Crippen LogP) is 11.4. The molecule has 2 nitrogen and oxygen atoms in total. The van der Waals surface area contributed by atoms with Crippen LogP contribution in [-0.2, 0) is 0 Å². The fourth-order valence-corrected chi connectivity index (χ4v) is 5.95. The van der Waals surface area contributed by atoms with E-state index < -0.39 is 0 Å². The van der Waals surface area contributed by atoms with Crippen molar-refractivity contribution in [3.63, 3.8) is 0 Å². The Morgan fingerprint density at radius 3 is 1.24 bits per heavy atom. The van der Waals surface area contributed by atoms with E-state index in [1.165, 1.54) is 5.56 Å². The first-order valence-corrected chi connectivity index (χ1v) is 15.2. The van der Waals surface area contributed by atoms with Gasteiger partial charge in [0.25, 0.3) is 0 Å². The van der Waals surface area contributed by atoms with Gasteiger partial charge in [0.05, 0.1) is 23.3 Å². The Kier molecular flexibility index (Phi) is 7.77. The lowest BCUT2D eigenvalue weighted by Gasteiger charge is -2.11. The molecule has 0 fully saturated rings. The molecule has 0 saturated heterocycles. The molecule has 0 radical (unpaired) electrons. The van der Waals surface area contributed by atoms with Crippen LogP contribution in [0.3, 0.4) is 0 Å². The SMILES string of the molecule is N#Cc1cc(-c2ccccc2)cc(-c2cccc(-c3ccc(-c4ccc(-c5cccc(-c6ccccc6)c5)cc4C#N)cc3)c2)c1. The van der Waals surface area contributed by atoms with Crippen LogP contribution in [0, 0.1) is 22.7 Å². The second-order valence-electron chi connectivity index (χ2n) is 11.3. The molecule has 0 aliphatic rings. The summed E-state index contributed by atoms with van der Waals surface area (Å²) in [6.07, 6.45) is 0. The molecule has 46 heavy (non-hydrogen) atoms. The minimum atomic E-state index is 0.634. The topological polar surface area (TPSA) is 47.6 Å². The van der Waals surface area contributed by atoms with Gasteiger partial charge in [0.1, 0.15) is 0 Å². The summed E-state index contributed by atoms with van der Waals surface area (Å²) in [6, 6.07) is 62.6. The standard InChI is InChI=1S/C44H28N2/c45-29-31-23-41(33-11-5-2-6-12-33)28-42(24-31)39-16-8-14-37(26-39)34-17-19-35(20-18-34)44-22-21-40(27-43(44)30-46)38-15-7-13-36(25-38)32-9-3-1-4-10-32/h1-28H. The smallest absolute Gasteiger partial charge is 0.0998 e. The third-order valence-corrected chi connectivity index (χ3v) is 8.34. The lowest BCUT2D eigenvalue weighted by atomic mass is 9.92. The van der Waals surface area contributed by atoms with Crippen LogP contribution in [0.15, 0.2) is 170 Å². The van der Waals surface area contributed by atoms with Crippen molar-refractivity contribution in [3.8, 4) is 78.9 Å². The predicted molar refractivity (Wildman–Crippen MR) is 188 cm³/mol. The molecular formula is C44H28N2. The van der Waals surface area contributed by atoms with E-state index in [9.17, 15) is 10.5 Å². The quantitative estimate of drug-likeness (QED) is 0.195. The number of benzene rings is 7. The van der Waals surface area contributed by atoms with Gasteiger partial charge in [-0.2, -0.15) is 10.5 Å². The molecule has 2 heteroatoms. The molecule has 0 N–H and O–H groups in total. The number of nitrogens with zero attached hydrogens (tertiary/aromatic N) is 2. The highest BCUT2D eigenvalue weighted by Gasteiger charge is 2.11. The molecule has 0 atom stereocenters. The lowest BCUT2D eigenvalue weighted by molar-refractivity contribution is 1.47. The van der Waals surface area contributed by atoms with Crippen LogP contribution in [0.1, 0.15) is 11.1 Å². The number of hydrogen-bond acceptors (Lipinski definition) is 2. The van der Waals surface area contributed by atoms with Crippen LogP contribution < -0.4 is 0 Å². The summed E-state index contributed by atoms with van der Waals surface area (Å²) in [5.74, 6) is 0. The second-order valence-corrected chi connectivity index (χ2v) is 11.3. The van der Waals surface area contributed by atoms with Crippen LogP contribution in [-0.4, -0.2) is 0 Å². The van der Waals surface area contributed by atoms with Crippen molar-refractivity contribution in [2.24, 2.45) is 0 Å². The van der Waals surface area contributed by atoms with Crippen molar-refractivity contribution in [2.75, 3.05) is 0 Å². The number of nitriles is 2. The summed E-state index contributed by atoms with van der Waals surface area (Å²) >= 11 is 0. The van der Waals surface area contributed by atoms with Crippen LogP contribution in [0.25, 0.3) is 66.8 Å². The van der Waals surface area contributed by atoms with Gasteiger partial charge in [0.15, 0.2) is 0 Å². The molecule has 0 amide bonds. The Bertz CT molecular complexity index is 2250. The van der Waals surface area contributed by atoms with Crippen molar-refractivity contribution in [2.45, 2.75) is 0 Å². The lowest BCUT2D eigenvalue weighted by Crippen LogP contribution is -1.88. The summed E-state index contributed by atoms with van der Waals surface area (Å²) in [5.41, 5.74) is 13.9. The maximum absolute atomic E-state index is 10.1. The van der Waals surface area contributed by atoms with Crippen molar-refractivity contribution in [1.82, 2.24) is 0 Å². The average molecular weight is 585 g/mol. The highest BCUT2D eigenvalue weighted by atomic mass is 14.3. The molecule has 0 aliphatic carbocycles. The zero-order valence-corrected chi connectivity index (χ0v) is 25.1. The molecule has 0 aromatic heterocycles. The number of rotatable bonds is 6. The van der Waals surface area contributed by atoms with Crippen molar-refractivity contribution in [1.29, 1.82) is 10.5 Å². The molecule has 0 saturated carbocycles. The zero-order chi connectivity index (χ0) is 31.3. The van der Waals surface area contributed by atoms with E-state index in [4.69, 9.17) is 0 Å². The van der Waals surface area contributed by atoms with Crippen molar-refractivity contribution >= 4 is 0 Å². The Hall–Kier alpha value is -6.48. The van der Waals surface area contributed by atoms with E-state index in [-0.39, 0.29) is 0 Å². The second kappa shape index (κ2) is 12.6. The van der Waals surface area contributed by atoms with Crippen LogP contribution in [0.4, 0.5) is 0 Å². The van der Waals surface area contributed by atoms with Gasteiger partial charge in [0, 0.05) is 0 Å². The number of hydrogen-bond donors (Lipinski definition) is 0. The third kappa shape index (κ3) is 5.85. The Balaban J connectivity index is 1.17. The van der Waals surface area contributed by atoms with Gasteiger partial charge >= 0.3 is 0 Å². The molecule has 0 bridgehead atoms. The molecule has 7 aromatic rings. The minimum absolute atomic E-state index is 0.634. The van der Waals surface area contributed by atoms with Gasteiger partial charge in [-0.3, -0.25) is 0 Å². The summed E-state index contributed by atoms with van der Waals surface area (Å²) < 4.78 is 0. The normalized spacial score (nSPS) is 10.6. The molecule has 0 spiro atoms. The first-order valence-electron chi connectivity index (χ1n) is 15.2. The summed E-state index contributed by atoms with van der Waals surface area (Å²) in [7, 11) is 0.